The van der Waals surface area contributed by atoms with Gasteiger partial charge < -0.3 is 10.4 Å². The Hall–Kier alpha value is -2.59. The molecule has 0 atom stereocenters. The van der Waals surface area contributed by atoms with Crippen molar-refractivity contribution in [2.75, 3.05) is 5.32 Å². The highest BCUT2D eigenvalue weighted by Gasteiger charge is 2.12. The van der Waals surface area contributed by atoms with E-state index in [1.807, 2.05) is 32.0 Å². The molecule has 4 nitrogen and oxygen atoms in total. The molecular formula is C18H15ClN2O2. The Morgan fingerprint density at radius 1 is 1.13 bits per heavy atom. The highest BCUT2D eigenvalue weighted by Crippen LogP contribution is 2.31. The zero-order valence-corrected chi connectivity index (χ0v) is 13.5. The predicted octanol–water partition coefficient (Wildman–Crippen LogP) is 4.95. The molecule has 0 amide bonds. The van der Waals surface area contributed by atoms with Crippen molar-refractivity contribution >= 4 is 39.8 Å². The van der Waals surface area contributed by atoms with Crippen LogP contribution in [0, 0.1) is 13.8 Å². The summed E-state index contributed by atoms with van der Waals surface area (Å²) in [5.41, 5.74) is 4.21. The summed E-state index contributed by atoms with van der Waals surface area (Å²) in [4.78, 5) is 15.9. The normalized spacial score (nSPS) is 10.7. The molecule has 0 saturated carbocycles. The van der Waals surface area contributed by atoms with E-state index < -0.39 is 5.97 Å². The minimum atomic E-state index is -0.975. The van der Waals surface area contributed by atoms with E-state index in [1.54, 1.807) is 24.3 Å². The topological polar surface area (TPSA) is 62.2 Å². The number of para-hydroxylation sites is 1. The summed E-state index contributed by atoms with van der Waals surface area (Å²) in [5, 5.41) is 14.0. The predicted molar refractivity (Wildman–Crippen MR) is 92.9 cm³/mol. The van der Waals surface area contributed by atoms with E-state index in [9.17, 15) is 9.90 Å². The van der Waals surface area contributed by atoms with Crippen LogP contribution in [-0.4, -0.2) is 16.1 Å². The minimum absolute atomic E-state index is 0.217. The van der Waals surface area contributed by atoms with Crippen LogP contribution in [-0.2, 0) is 0 Å². The molecule has 2 N–H and O–H groups in total. The molecule has 0 unspecified atom stereocenters. The van der Waals surface area contributed by atoms with Crippen LogP contribution >= 0.6 is 11.6 Å². The number of rotatable bonds is 3. The molecule has 0 aliphatic rings. The lowest BCUT2D eigenvalue weighted by Crippen LogP contribution is -2.03. The van der Waals surface area contributed by atoms with Crippen LogP contribution in [0.1, 0.15) is 21.6 Å². The van der Waals surface area contributed by atoms with E-state index in [-0.39, 0.29) is 5.56 Å². The molecule has 0 spiro atoms. The summed E-state index contributed by atoms with van der Waals surface area (Å²) >= 11 is 6.17. The Labute approximate surface area is 138 Å². The summed E-state index contributed by atoms with van der Waals surface area (Å²) < 4.78 is 0. The van der Waals surface area contributed by atoms with Gasteiger partial charge in [-0.15, -0.1) is 0 Å². The second kappa shape index (κ2) is 5.89. The van der Waals surface area contributed by atoms with Gasteiger partial charge in [0.15, 0.2) is 0 Å². The Kier molecular flexibility index (Phi) is 3.92. The molecule has 0 fully saturated rings. The van der Waals surface area contributed by atoms with Crippen molar-refractivity contribution in [1.29, 1.82) is 0 Å². The van der Waals surface area contributed by atoms with Gasteiger partial charge in [0.25, 0.3) is 0 Å². The third-order valence-electron chi connectivity index (χ3n) is 3.62. The SMILES string of the molecule is Cc1cc(Nc2ccccc2C(=O)O)c2cc(Cl)cc(C)c2n1. The quantitative estimate of drug-likeness (QED) is 0.715. The third kappa shape index (κ3) is 2.98. The standard InChI is InChI=1S/C18H15ClN2O2/c1-10-7-12(19)9-14-16(8-11(2)20-17(10)14)21-15-6-4-3-5-13(15)18(22)23/h3-9H,1-2H3,(H,20,21)(H,22,23). The molecule has 116 valence electrons. The number of nitrogens with zero attached hydrogens (tertiary/aromatic N) is 1. The fourth-order valence-corrected chi connectivity index (χ4v) is 2.88. The van der Waals surface area contributed by atoms with Gasteiger partial charge in [-0.05, 0) is 49.7 Å². The number of nitrogens with one attached hydrogen (secondary N) is 1. The van der Waals surface area contributed by atoms with Gasteiger partial charge in [0.1, 0.15) is 0 Å². The summed E-state index contributed by atoms with van der Waals surface area (Å²) in [6, 6.07) is 12.4. The second-order valence-electron chi connectivity index (χ2n) is 5.41. The monoisotopic (exact) mass is 326 g/mol. The van der Waals surface area contributed by atoms with E-state index in [4.69, 9.17) is 11.6 Å². The number of carboxylic acids is 1. The molecule has 2 aromatic carbocycles. The first-order valence-electron chi connectivity index (χ1n) is 7.12. The van der Waals surface area contributed by atoms with Crippen LogP contribution in [0.3, 0.4) is 0 Å². The molecule has 0 saturated heterocycles. The highest BCUT2D eigenvalue weighted by molar-refractivity contribution is 6.31. The first kappa shape index (κ1) is 15.3. The Morgan fingerprint density at radius 2 is 1.87 bits per heavy atom. The van der Waals surface area contributed by atoms with Crippen molar-refractivity contribution in [3.8, 4) is 0 Å². The van der Waals surface area contributed by atoms with Gasteiger partial charge in [-0.25, -0.2) is 4.79 Å². The average Bonchev–Trinajstić information content (AvgIpc) is 2.49. The number of halogens is 1. The van der Waals surface area contributed by atoms with Gasteiger partial charge in [0.05, 0.1) is 16.8 Å². The van der Waals surface area contributed by atoms with Crippen LogP contribution in [0.2, 0.25) is 5.02 Å². The summed E-state index contributed by atoms with van der Waals surface area (Å²) in [6.07, 6.45) is 0. The number of hydrogen-bond donors (Lipinski definition) is 2. The molecule has 0 bridgehead atoms. The van der Waals surface area contributed by atoms with Gasteiger partial charge in [-0.2, -0.15) is 0 Å². The van der Waals surface area contributed by atoms with Crippen LogP contribution < -0.4 is 5.32 Å². The first-order valence-corrected chi connectivity index (χ1v) is 7.50. The average molecular weight is 327 g/mol. The van der Waals surface area contributed by atoms with E-state index in [2.05, 4.69) is 10.3 Å². The number of carbonyl (C=O) groups is 1. The Morgan fingerprint density at radius 3 is 2.61 bits per heavy atom. The van der Waals surface area contributed by atoms with E-state index in [0.717, 1.165) is 27.8 Å². The summed E-state index contributed by atoms with van der Waals surface area (Å²) in [5.74, 6) is -0.975. The Bertz CT molecular complexity index is 922. The molecular weight excluding hydrogens is 312 g/mol. The van der Waals surface area contributed by atoms with E-state index in [1.165, 1.54) is 0 Å². The van der Waals surface area contributed by atoms with Crippen molar-refractivity contribution in [2.24, 2.45) is 0 Å². The van der Waals surface area contributed by atoms with Gasteiger partial charge >= 0.3 is 5.97 Å². The number of fused-ring (bicyclic) bond motifs is 1. The first-order chi connectivity index (χ1) is 11.0. The van der Waals surface area contributed by atoms with Crippen LogP contribution in [0.4, 0.5) is 11.4 Å². The van der Waals surface area contributed by atoms with Crippen LogP contribution in [0.25, 0.3) is 10.9 Å². The molecule has 5 heteroatoms. The van der Waals surface area contributed by atoms with Gasteiger partial charge in [0, 0.05) is 21.8 Å². The zero-order valence-electron chi connectivity index (χ0n) is 12.7. The molecule has 3 aromatic rings. The maximum atomic E-state index is 11.4. The number of pyridine rings is 1. The van der Waals surface area contributed by atoms with Crippen molar-refractivity contribution in [3.05, 3.63) is 64.3 Å². The molecule has 1 heterocycles. The highest BCUT2D eigenvalue weighted by atomic mass is 35.5. The third-order valence-corrected chi connectivity index (χ3v) is 3.84. The van der Waals surface area contributed by atoms with Crippen molar-refractivity contribution in [2.45, 2.75) is 13.8 Å². The van der Waals surface area contributed by atoms with Crippen molar-refractivity contribution < 1.29 is 9.90 Å². The number of aromatic nitrogens is 1. The zero-order chi connectivity index (χ0) is 16.6. The van der Waals surface area contributed by atoms with E-state index >= 15 is 0 Å². The van der Waals surface area contributed by atoms with Gasteiger partial charge in [-0.1, -0.05) is 23.7 Å². The number of aryl methyl sites for hydroxylation is 2. The van der Waals surface area contributed by atoms with Gasteiger partial charge in [0.2, 0.25) is 0 Å². The number of benzene rings is 2. The van der Waals surface area contributed by atoms with Crippen molar-refractivity contribution in [3.63, 3.8) is 0 Å². The second-order valence-corrected chi connectivity index (χ2v) is 5.84. The molecule has 0 aliphatic carbocycles. The summed E-state index contributed by atoms with van der Waals surface area (Å²) in [7, 11) is 0. The van der Waals surface area contributed by atoms with Crippen LogP contribution in [0.15, 0.2) is 42.5 Å². The smallest absolute Gasteiger partial charge is 0.337 e. The van der Waals surface area contributed by atoms with Crippen molar-refractivity contribution in [1.82, 2.24) is 4.98 Å². The minimum Gasteiger partial charge on any atom is -0.478 e. The fourth-order valence-electron chi connectivity index (χ4n) is 2.61. The molecule has 0 aliphatic heterocycles. The van der Waals surface area contributed by atoms with Gasteiger partial charge in [-0.3, -0.25) is 4.98 Å². The number of carboxylic acid groups (broad SMARTS) is 1. The molecule has 3 rings (SSSR count). The van der Waals surface area contributed by atoms with Crippen LogP contribution in [0.5, 0.6) is 0 Å². The maximum absolute atomic E-state index is 11.4. The van der Waals surface area contributed by atoms with E-state index in [0.29, 0.717) is 10.7 Å². The molecule has 1 aromatic heterocycles. The number of hydrogen-bond acceptors (Lipinski definition) is 3. The molecule has 23 heavy (non-hydrogen) atoms. The fraction of sp³-hybridized carbons (Fsp3) is 0.111. The lowest BCUT2D eigenvalue weighted by molar-refractivity contribution is 0.0698. The largest absolute Gasteiger partial charge is 0.478 e. The number of anilines is 2. The molecule has 0 radical (unpaired) electrons. The summed E-state index contributed by atoms with van der Waals surface area (Å²) in [6.45, 7) is 3.86. The Balaban J connectivity index is 2.19. The maximum Gasteiger partial charge on any atom is 0.337 e. The lowest BCUT2D eigenvalue weighted by Gasteiger charge is -2.14. The number of aromatic carboxylic acids is 1. The lowest BCUT2D eigenvalue weighted by atomic mass is 10.1.